The Labute approximate surface area is 231 Å². The maximum Gasteiger partial charge on any atom is 0.210 e. The molecule has 0 spiro atoms. The summed E-state index contributed by atoms with van der Waals surface area (Å²) in [6.07, 6.45) is 6.07. The van der Waals surface area contributed by atoms with Crippen molar-refractivity contribution in [2.24, 2.45) is 7.05 Å². The highest BCUT2D eigenvalue weighted by atomic mass is 16.5. The van der Waals surface area contributed by atoms with Gasteiger partial charge in [0.25, 0.3) is 0 Å². The molecule has 0 aliphatic heterocycles. The minimum absolute atomic E-state index is 0.0498. The molecule has 0 saturated heterocycles. The summed E-state index contributed by atoms with van der Waals surface area (Å²) in [5, 5.41) is 38.0. The molecule has 1 saturated carbocycles. The molecule has 0 amide bonds. The number of hydrogen-bond acceptors (Lipinski definition) is 6. The van der Waals surface area contributed by atoms with E-state index in [2.05, 4.69) is 31.1 Å². The standard InChI is InChI=1S/C31H31N7O2/c1-19-26(15-21-16-36(4)35-29(21)32-19)38-20(2)27(30(3)13-14-30)28(34-38)23-11-8-12-25-24(23)17-37(33-25)18-31(39,40)22-9-6-5-7-10-22/h5-12,15-17,39-40H,13-14,18H2,1-4H3. The van der Waals surface area contributed by atoms with Gasteiger partial charge in [0, 0.05) is 52.6 Å². The van der Waals surface area contributed by atoms with Gasteiger partial charge in [-0.05, 0) is 44.2 Å². The molecule has 2 N–H and O–H groups in total. The molecule has 6 aromatic rings. The van der Waals surface area contributed by atoms with Crippen LogP contribution in [0.3, 0.4) is 0 Å². The first-order valence-corrected chi connectivity index (χ1v) is 13.5. The Kier molecular flexibility index (Phi) is 5.29. The van der Waals surface area contributed by atoms with Gasteiger partial charge in [-0.15, -0.1) is 0 Å². The molecule has 1 fully saturated rings. The third-order valence-corrected chi connectivity index (χ3v) is 8.19. The van der Waals surface area contributed by atoms with Crippen molar-refractivity contribution >= 4 is 21.9 Å². The second kappa shape index (κ2) is 8.58. The van der Waals surface area contributed by atoms with Crippen LogP contribution in [-0.2, 0) is 24.8 Å². The molecule has 2 aromatic carbocycles. The molecule has 1 aliphatic rings. The second-order valence-electron chi connectivity index (χ2n) is 11.3. The lowest BCUT2D eigenvalue weighted by molar-refractivity contribution is -0.181. The van der Waals surface area contributed by atoms with Crippen LogP contribution in [0.1, 0.15) is 42.3 Å². The molecule has 0 radical (unpaired) electrons. The van der Waals surface area contributed by atoms with Crippen LogP contribution in [0, 0.1) is 13.8 Å². The van der Waals surface area contributed by atoms with Gasteiger partial charge >= 0.3 is 0 Å². The number of nitrogens with zero attached hydrogens (tertiary/aromatic N) is 7. The molecule has 0 atom stereocenters. The van der Waals surface area contributed by atoms with Crippen LogP contribution in [0.2, 0.25) is 0 Å². The summed E-state index contributed by atoms with van der Waals surface area (Å²) >= 11 is 0. The van der Waals surface area contributed by atoms with Crippen LogP contribution in [0.4, 0.5) is 0 Å². The number of hydrogen-bond donors (Lipinski definition) is 2. The Balaban J connectivity index is 1.37. The van der Waals surface area contributed by atoms with Gasteiger partial charge in [0.15, 0.2) is 5.65 Å². The molecule has 40 heavy (non-hydrogen) atoms. The van der Waals surface area contributed by atoms with Crippen LogP contribution >= 0.6 is 0 Å². The maximum absolute atomic E-state index is 10.8. The average molecular weight is 534 g/mol. The van der Waals surface area contributed by atoms with E-state index < -0.39 is 5.79 Å². The topological polar surface area (TPSA) is 107 Å². The fourth-order valence-electron chi connectivity index (χ4n) is 5.85. The van der Waals surface area contributed by atoms with Crippen molar-refractivity contribution in [2.45, 2.75) is 51.4 Å². The molecule has 202 valence electrons. The molecule has 7 rings (SSSR count). The minimum Gasteiger partial charge on any atom is -0.360 e. The van der Waals surface area contributed by atoms with E-state index in [9.17, 15) is 10.2 Å². The van der Waals surface area contributed by atoms with E-state index in [1.807, 2.05) is 49.2 Å². The number of pyridine rings is 1. The highest BCUT2D eigenvalue weighted by Crippen LogP contribution is 2.52. The number of aliphatic hydroxyl groups is 2. The quantitative estimate of drug-likeness (QED) is 0.301. The van der Waals surface area contributed by atoms with Gasteiger partial charge < -0.3 is 10.2 Å². The highest BCUT2D eigenvalue weighted by molar-refractivity contribution is 5.94. The largest absolute Gasteiger partial charge is 0.360 e. The number of rotatable bonds is 6. The molecular formula is C31H31N7O2. The fraction of sp³-hybridized carbons (Fsp3) is 0.290. The van der Waals surface area contributed by atoms with Gasteiger partial charge in [-0.3, -0.25) is 9.36 Å². The van der Waals surface area contributed by atoms with Crippen molar-refractivity contribution in [3.05, 3.63) is 89.5 Å². The van der Waals surface area contributed by atoms with Crippen LogP contribution in [-0.4, -0.2) is 44.5 Å². The predicted molar refractivity (Wildman–Crippen MR) is 153 cm³/mol. The lowest BCUT2D eigenvalue weighted by Crippen LogP contribution is -2.31. The van der Waals surface area contributed by atoms with E-state index >= 15 is 0 Å². The molecule has 0 unspecified atom stereocenters. The minimum atomic E-state index is -2.05. The van der Waals surface area contributed by atoms with Crippen molar-refractivity contribution in [3.8, 4) is 16.9 Å². The Morgan fingerprint density at radius 3 is 2.48 bits per heavy atom. The van der Waals surface area contributed by atoms with E-state index in [1.54, 1.807) is 33.6 Å². The summed E-state index contributed by atoms with van der Waals surface area (Å²) in [4.78, 5) is 4.76. The number of aryl methyl sites for hydroxylation is 2. The summed E-state index contributed by atoms with van der Waals surface area (Å²) in [7, 11) is 1.90. The SMILES string of the molecule is Cc1nc2nn(C)cc2cc1-n1nc(-c2cccc3nn(CC(O)(O)c4ccccc4)cc23)c(C2(C)CC2)c1C. The smallest absolute Gasteiger partial charge is 0.210 e. The average Bonchev–Trinajstić information content (AvgIpc) is 3.21. The summed E-state index contributed by atoms with van der Waals surface area (Å²) in [5.74, 6) is -2.05. The lowest BCUT2D eigenvalue weighted by Gasteiger charge is -2.21. The van der Waals surface area contributed by atoms with Gasteiger partial charge in [-0.1, -0.05) is 49.4 Å². The Hall–Kier alpha value is -4.34. The summed E-state index contributed by atoms with van der Waals surface area (Å²) in [5.41, 5.74) is 8.00. The zero-order chi connectivity index (χ0) is 27.8. The van der Waals surface area contributed by atoms with E-state index in [0.29, 0.717) is 5.56 Å². The number of fused-ring (bicyclic) bond motifs is 2. The number of aromatic nitrogens is 7. The van der Waals surface area contributed by atoms with Crippen LogP contribution in [0.5, 0.6) is 0 Å². The van der Waals surface area contributed by atoms with Gasteiger partial charge in [0.05, 0.1) is 29.1 Å². The van der Waals surface area contributed by atoms with Gasteiger partial charge in [-0.25, -0.2) is 9.67 Å². The fourth-order valence-corrected chi connectivity index (χ4v) is 5.85. The summed E-state index contributed by atoms with van der Waals surface area (Å²) < 4.78 is 5.41. The van der Waals surface area contributed by atoms with E-state index in [4.69, 9.17) is 15.2 Å². The molecule has 9 heteroatoms. The molecular weight excluding hydrogens is 502 g/mol. The van der Waals surface area contributed by atoms with Crippen LogP contribution in [0.25, 0.3) is 38.9 Å². The van der Waals surface area contributed by atoms with Crippen molar-refractivity contribution in [3.63, 3.8) is 0 Å². The molecule has 0 bridgehead atoms. The summed E-state index contributed by atoms with van der Waals surface area (Å²) in [6, 6.07) is 16.9. The normalized spacial score (nSPS) is 14.8. The van der Waals surface area contributed by atoms with Crippen LogP contribution < -0.4 is 0 Å². The Bertz CT molecular complexity index is 1910. The van der Waals surface area contributed by atoms with Crippen LogP contribution in [0.15, 0.2) is 67.0 Å². The zero-order valence-electron chi connectivity index (χ0n) is 23.0. The number of benzene rings is 2. The second-order valence-corrected chi connectivity index (χ2v) is 11.3. The molecule has 9 nitrogen and oxygen atoms in total. The maximum atomic E-state index is 10.8. The zero-order valence-corrected chi connectivity index (χ0v) is 23.0. The third-order valence-electron chi connectivity index (χ3n) is 8.19. The lowest BCUT2D eigenvalue weighted by atomic mass is 9.92. The van der Waals surface area contributed by atoms with Gasteiger partial charge in [-0.2, -0.15) is 15.3 Å². The van der Waals surface area contributed by atoms with Crippen molar-refractivity contribution in [2.75, 3.05) is 0 Å². The Morgan fingerprint density at radius 2 is 1.73 bits per heavy atom. The van der Waals surface area contributed by atoms with E-state index in [1.165, 1.54) is 5.56 Å². The molecule has 4 aromatic heterocycles. The van der Waals surface area contributed by atoms with Crippen molar-refractivity contribution in [1.82, 2.24) is 34.3 Å². The monoisotopic (exact) mass is 533 g/mol. The van der Waals surface area contributed by atoms with Crippen molar-refractivity contribution < 1.29 is 10.2 Å². The van der Waals surface area contributed by atoms with E-state index in [-0.39, 0.29) is 12.0 Å². The van der Waals surface area contributed by atoms with Gasteiger partial charge in [0.1, 0.15) is 0 Å². The summed E-state index contributed by atoms with van der Waals surface area (Å²) in [6.45, 7) is 6.34. The third kappa shape index (κ3) is 3.92. The highest BCUT2D eigenvalue weighted by Gasteiger charge is 2.44. The molecule has 4 heterocycles. The Morgan fingerprint density at radius 1 is 0.950 bits per heavy atom. The predicted octanol–water partition coefficient (Wildman–Crippen LogP) is 4.68. The van der Waals surface area contributed by atoms with Crippen molar-refractivity contribution in [1.29, 1.82) is 0 Å². The van der Waals surface area contributed by atoms with E-state index in [0.717, 1.165) is 63.1 Å². The first-order valence-electron chi connectivity index (χ1n) is 13.5. The first kappa shape index (κ1) is 24.7. The first-order chi connectivity index (χ1) is 19.1. The molecule has 1 aliphatic carbocycles. The van der Waals surface area contributed by atoms with Gasteiger partial charge in [0.2, 0.25) is 5.79 Å².